The second kappa shape index (κ2) is 9.08. The van der Waals surface area contributed by atoms with E-state index in [1.165, 1.54) is 6.07 Å². The Hall–Kier alpha value is -2.57. The Morgan fingerprint density at radius 2 is 1.86 bits per heavy atom. The Balaban J connectivity index is 1.51. The lowest BCUT2D eigenvalue weighted by Gasteiger charge is -2.15. The van der Waals surface area contributed by atoms with Gasteiger partial charge in [-0.25, -0.2) is 4.79 Å². The number of benzene rings is 2. The molecule has 1 heterocycles. The van der Waals surface area contributed by atoms with Gasteiger partial charge in [0.25, 0.3) is 5.91 Å². The Morgan fingerprint density at radius 3 is 2.54 bits per heavy atom. The normalized spacial score (nSPS) is 13.5. The molecule has 0 bridgehead atoms. The predicted molar refractivity (Wildman–Crippen MR) is 106 cm³/mol. The first-order valence-electron chi connectivity index (χ1n) is 8.71. The van der Waals surface area contributed by atoms with Gasteiger partial charge in [0, 0.05) is 24.5 Å². The van der Waals surface area contributed by atoms with Gasteiger partial charge >= 0.3 is 5.97 Å². The summed E-state index contributed by atoms with van der Waals surface area (Å²) in [6, 6.07) is 11.4. The van der Waals surface area contributed by atoms with Crippen LogP contribution in [0.3, 0.4) is 0 Å². The van der Waals surface area contributed by atoms with Gasteiger partial charge in [-0.3, -0.25) is 9.59 Å². The number of anilines is 1. The molecule has 6 nitrogen and oxygen atoms in total. The van der Waals surface area contributed by atoms with E-state index >= 15 is 0 Å². The van der Waals surface area contributed by atoms with Crippen molar-refractivity contribution in [1.82, 2.24) is 4.90 Å². The van der Waals surface area contributed by atoms with Gasteiger partial charge in [-0.15, -0.1) is 0 Å². The molecule has 1 aliphatic rings. The molecular weight excluding hydrogens is 403 g/mol. The molecule has 0 spiro atoms. The molecule has 1 fully saturated rings. The number of ether oxygens (including phenoxy) is 1. The maximum Gasteiger partial charge on any atom is 0.338 e. The zero-order valence-corrected chi connectivity index (χ0v) is 16.4. The van der Waals surface area contributed by atoms with Gasteiger partial charge in [0.2, 0.25) is 5.91 Å². The number of rotatable bonds is 6. The lowest BCUT2D eigenvalue weighted by atomic mass is 10.1. The van der Waals surface area contributed by atoms with E-state index in [9.17, 15) is 14.4 Å². The second-order valence-electron chi connectivity index (χ2n) is 6.36. The van der Waals surface area contributed by atoms with E-state index in [0.29, 0.717) is 34.3 Å². The standard InChI is InChI=1S/C20H18Cl2N2O4/c21-15-7-8-16(22)17(10-15)23-18(25)12-28-20(27)14-5-3-13(4-6-14)11-24-9-1-2-19(24)26/h3-8,10H,1-2,9,11-12H2,(H,23,25). The molecule has 28 heavy (non-hydrogen) atoms. The fraction of sp³-hybridized carbons (Fsp3) is 0.250. The van der Waals surface area contributed by atoms with Gasteiger partial charge in [-0.1, -0.05) is 35.3 Å². The molecule has 0 unspecified atom stereocenters. The minimum atomic E-state index is -0.615. The average Bonchev–Trinajstić information content (AvgIpc) is 3.08. The summed E-state index contributed by atoms with van der Waals surface area (Å²) >= 11 is 11.8. The van der Waals surface area contributed by atoms with Gasteiger partial charge in [0.05, 0.1) is 16.3 Å². The SMILES string of the molecule is O=C(COC(=O)c1ccc(CN2CCCC2=O)cc1)Nc1cc(Cl)ccc1Cl. The lowest BCUT2D eigenvalue weighted by Crippen LogP contribution is -2.23. The molecule has 2 aromatic rings. The van der Waals surface area contributed by atoms with Crippen LogP contribution in [-0.2, 0) is 20.9 Å². The first-order chi connectivity index (χ1) is 13.4. The molecule has 0 saturated carbocycles. The van der Waals surface area contributed by atoms with E-state index in [1.807, 2.05) is 0 Å². The van der Waals surface area contributed by atoms with Crippen LogP contribution >= 0.6 is 23.2 Å². The summed E-state index contributed by atoms with van der Waals surface area (Å²) in [7, 11) is 0. The Bertz CT molecular complexity index is 900. The number of nitrogens with zero attached hydrogens (tertiary/aromatic N) is 1. The maximum atomic E-state index is 12.1. The number of likely N-dealkylation sites (tertiary alicyclic amines) is 1. The largest absolute Gasteiger partial charge is 0.452 e. The van der Waals surface area contributed by atoms with E-state index < -0.39 is 18.5 Å². The van der Waals surface area contributed by atoms with Crippen LogP contribution in [0.4, 0.5) is 5.69 Å². The van der Waals surface area contributed by atoms with Gasteiger partial charge in [0.15, 0.2) is 6.61 Å². The third-order valence-corrected chi connectivity index (χ3v) is 4.84. The molecule has 1 aliphatic heterocycles. The van der Waals surface area contributed by atoms with Crippen molar-refractivity contribution in [2.24, 2.45) is 0 Å². The smallest absolute Gasteiger partial charge is 0.338 e. The summed E-state index contributed by atoms with van der Waals surface area (Å²) in [6.07, 6.45) is 1.47. The molecule has 3 rings (SSSR count). The van der Waals surface area contributed by atoms with E-state index in [2.05, 4.69) is 5.32 Å². The van der Waals surface area contributed by atoms with E-state index in [0.717, 1.165) is 18.5 Å². The topological polar surface area (TPSA) is 75.7 Å². The first-order valence-corrected chi connectivity index (χ1v) is 9.47. The van der Waals surface area contributed by atoms with Crippen LogP contribution in [0, 0.1) is 0 Å². The molecule has 1 saturated heterocycles. The van der Waals surface area contributed by atoms with Crippen molar-refractivity contribution in [3.8, 4) is 0 Å². The van der Waals surface area contributed by atoms with Crippen LogP contribution in [0.1, 0.15) is 28.8 Å². The molecule has 8 heteroatoms. The number of nitrogens with one attached hydrogen (secondary N) is 1. The quantitative estimate of drug-likeness (QED) is 0.718. The molecule has 0 aliphatic carbocycles. The van der Waals surface area contributed by atoms with Crippen LogP contribution < -0.4 is 5.32 Å². The zero-order valence-electron chi connectivity index (χ0n) is 14.9. The first kappa shape index (κ1) is 20.2. The molecule has 1 N–H and O–H groups in total. The Kier molecular flexibility index (Phi) is 6.54. The Labute approximate surface area is 172 Å². The minimum absolute atomic E-state index is 0.148. The van der Waals surface area contributed by atoms with E-state index in [-0.39, 0.29) is 5.91 Å². The van der Waals surface area contributed by atoms with Crippen LogP contribution in [0.5, 0.6) is 0 Å². The van der Waals surface area contributed by atoms with Crippen molar-refractivity contribution >= 4 is 46.7 Å². The van der Waals surface area contributed by atoms with Gasteiger partial charge in [-0.05, 0) is 42.3 Å². The van der Waals surface area contributed by atoms with Gasteiger partial charge in [0.1, 0.15) is 0 Å². The number of amides is 2. The molecule has 146 valence electrons. The molecule has 0 aromatic heterocycles. The van der Waals surface area contributed by atoms with Gasteiger partial charge in [-0.2, -0.15) is 0 Å². The monoisotopic (exact) mass is 420 g/mol. The fourth-order valence-corrected chi connectivity index (χ4v) is 3.17. The Morgan fingerprint density at radius 1 is 1.11 bits per heavy atom. The van der Waals surface area contributed by atoms with Crippen LogP contribution in [0.25, 0.3) is 0 Å². The zero-order chi connectivity index (χ0) is 20.1. The predicted octanol–water partition coefficient (Wildman–Crippen LogP) is 3.91. The van der Waals surface area contributed by atoms with Crippen LogP contribution in [-0.4, -0.2) is 35.8 Å². The highest BCUT2D eigenvalue weighted by Crippen LogP contribution is 2.25. The van der Waals surface area contributed by atoms with Crippen LogP contribution in [0.15, 0.2) is 42.5 Å². The molecular formula is C20H18Cl2N2O4. The summed E-state index contributed by atoms with van der Waals surface area (Å²) in [4.78, 5) is 37.5. The fourth-order valence-electron chi connectivity index (χ4n) is 2.83. The maximum absolute atomic E-state index is 12.1. The number of esters is 1. The number of carbonyl (C=O) groups excluding carboxylic acids is 3. The third kappa shape index (κ3) is 5.24. The van der Waals surface area contributed by atoms with Crippen LogP contribution in [0.2, 0.25) is 10.0 Å². The molecule has 2 aromatic carbocycles. The van der Waals surface area contributed by atoms with Crippen molar-refractivity contribution in [2.45, 2.75) is 19.4 Å². The van der Waals surface area contributed by atoms with Crippen molar-refractivity contribution in [3.63, 3.8) is 0 Å². The second-order valence-corrected chi connectivity index (χ2v) is 7.21. The molecule has 2 amide bonds. The van der Waals surface area contributed by atoms with Crippen molar-refractivity contribution in [2.75, 3.05) is 18.5 Å². The summed E-state index contributed by atoms with van der Waals surface area (Å²) < 4.78 is 5.03. The highest BCUT2D eigenvalue weighted by atomic mass is 35.5. The summed E-state index contributed by atoms with van der Waals surface area (Å²) in [5.41, 5.74) is 1.60. The van der Waals surface area contributed by atoms with Crippen molar-refractivity contribution in [1.29, 1.82) is 0 Å². The number of carbonyl (C=O) groups is 3. The number of hydrogen-bond acceptors (Lipinski definition) is 4. The molecule has 0 atom stereocenters. The van der Waals surface area contributed by atoms with E-state index in [4.69, 9.17) is 27.9 Å². The summed E-state index contributed by atoms with van der Waals surface area (Å²) in [5.74, 6) is -0.993. The van der Waals surface area contributed by atoms with E-state index in [1.54, 1.807) is 41.3 Å². The number of hydrogen-bond donors (Lipinski definition) is 1. The lowest BCUT2D eigenvalue weighted by molar-refractivity contribution is -0.128. The third-order valence-electron chi connectivity index (χ3n) is 4.27. The number of halogens is 2. The minimum Gasteiger partial charge on any atom is -0.452 e. The van der Waals surface area contributed by atoms with Crippen molar-refractivity contribution < 1.29 is 19.1 Å². The highest BCUT2D eigenvalue weighted by molar-refractivity contribution is 6.35. The average molecular weight is 421 g/mol. The molecule has 0 radical (unpaired) electrons. The van der Waals surface area contributed by atoms with Crippen molar-refractivity contribution in [3.05, 3.63) is 63.6 Å². The van der Waals surface area contributed by atoms with Gasteiger partial charge < -0.3 is 15.0 Å². The summed E-state index contributed by atoms with van der Waals surface area (Å²) in [5, 5.41) is 3.29. The highest BCUT2D eigenvalue weighted by Gasteiger charge is 2.20. The summed E-state index contributed by atoms with van der Waals surface area (Å²) in [6.45, 7) is 0.830.